The first-order valence-corrected chi connectivity index (χ1v) is 14.9. The molecule has 0 saturated heterocycles. The van der Waals surface area contributed by atoms with Crippen molar-refractivity contribution in [3.63, 3.8) is 0 Å². The van der Waals surface area contributed by atoms with Gasteiger partial charge in [0.05, 0.1) is 12.0 Å². The van der Waals surface area contributed by atoms with E-state index in [1.54, 1.807) is 65.6 Å². The highest BCUT2D eigenvalue weighted by Gasteiger charge is 2.23. The number of carbonyl (C=O) groups is 2. The fourth-order valence-electron chi connectivity index (χ4n) is 4.98. The number of carbonyl (C=O) groups excluding carboxylic acids is 2. The molecule has 1 aliphatic rings. The van der Waals surface area contributed by atoms with Gasteiger partial charge in [-0.15, -0.1) is 0 Å². The molecule has 0 atom stereocenters. The minimum atomic E-state index is -3.91. The Hall–Kier alpha value is -4.22. The largest absolute Gasteiger partial charge is 0.453 e. The van der Waals surface area contributed by atoms with E-state index >= 15 is 0 Å². The summed E-state index contributed by atoms with van der Waals surface area (Å²) in [6.07, 6.45) is 4.27. The van der Waals surface area contributed by atoms with Crippen LogP contribution < -0.4 is 15.2 Å². The van der Waals surface area contributed by atoms with Gasteiger partial charge in [0, 0.05) is 24.2 Å². The second-order valence-corrected chi connectivity index (χ2v) is 11.5. The molecule has 0 aliphatic heterocycles. The zero-order chi connectivity index (χ0) is 29.4. The van der Waals surface area contributed by atoms with Crippen LogP contribution in [-0.4, -0.2) is 45.0 Å². The van der Waals surface area contributed by atoms with Gasteiger partial charge in [0.2, 0.25) is 10.0 Å². The van der Waals surface area contributed by atoms with Crippen molar-refractivity contribution in [2.24, 2.45) is 11.1 Å². The van der Waals surface area contributed by atoms with E-state index in [-0.39, 0.29) is 17.3 Å². The van der Waals surface area contributed by atoms with Gasteiger partial charge < -0.3 is 14.4 Å². The van der Waals surface area contributed by atoms with E-state index < -0.39 is 22.2 Å². The zero-order valence-electron chi connectivity index (χ0n) is 22.8. The minimum Gasteiger partial charge on any atom is -0.453 e. The van der Waals surface area contributed by atoms with Gasteiger partial charge in [-0.05, 0) is 54.2 Å². The average Bonchev–Trinajstić information content (AvgIpc) is 2.97. The lowest BCUT2D eigenvalue weighted by Crippen LogP contribution is -2.37. The fourth-order valence-corrected chi connectivity index (χ4v) is 5.74. The van der Waals surface area contributed by atoms with Crippen LogP contribution >= 0.6 is 0 Å². The van der Waals surface area contributed by atoms with Gasteiger partial charge in [0.1, 0.15) is 11.6 Å². The molecule has 4 N–H and O–H groups in total. The quantitative estimate of drug-likeness (QED) is 0.245. The molecule has 1 saturated carbocycles. The number of nitrogens with two attached hydrogens (primary N) is 1. The second kappa shape index (κ2) is 13.4. The summed E-state index contributed by atoms with van der Waals surface area (Å²) in [6.45, 7) is 0.787. The van der Waals surface area contributed by atoms with Gasteiger partial charge in [-0.3, -0.25) is 10.7 Å². The lowest BCUT2D eigenvalue weighted by molar-refractivity contribution is 0.134. The average molecular weight is 579 g/mol. The fraction of sp³-hybridized carbons (Fsp3) is 0.300. The molecule has 4 rings (SSSR count). The van der Waals surface area contributed by atoms with Crippen LogP contribution in [0.5, 0.6) is 5.75 Å². The normalized spacial score (nSPS) is 13.7. The summed E-state index contributed by atoms with van der Waals surface area (Å²) in [7, 11) is -2.69. The smallest absolute Gasteiger partial charge is 0.415 e. The topological polar surface area (TPSA) is 152 Å². The number of nitrogens with one attached hydrogen (secondary N) is 2. The van der Waals surface area contributed by atoms with Crippen LogP contribution in [0.15, 0.2) is 77.7 Å². The molecule has 0 bridgehead atoms. The van der Waals surface area contributed by atoms with Crippen molar-refractivity contribution in [3.05, 3.63) is 83.9 Å². The molecule has 3 aromatic carbocycles. The van der Waals surface area contributed by atoms with Gasteiger partial charge in [0.15, 0.2) is 0 Å². The Bertz CT molecular complexity index is 1500. The van der Waals surface area contributed by atoms with E-state index in [2.05, 4.69) is 10.1 Å². The van der Waals surface area contributed by atoms with E-state index in [0.717, 1.165) is 31.2 Å². The van der Waals surface area contributed by atoms with Gasteiger partial charge in [-0.25, -0.2) is 23.1 Å². The molecule has 0 unspecified atom stereocenters. The number of methoxy groups -OCH3 is 1. The minimum absolute atomic E-state index is 0.0144. The number of ether oxygens (including phenoxy) is 2. The molecule has 0 heterocycles. The standard InChI is InChI=1S/C30H34N4O6S/c1-39-29(35)33-28(31)24-11-7-10-22(18-24)20-34(19-21-8-3-2-4-9-21)30(36)40-25-16-14-23(15-17-25)26-12-5-6-13-27(26)41(32,37)38/h5-7,10-18,21H,2-4,8-9,19-20H2,1H3,(H2,31,33,35)(H2,32,37,38). The maximum atomic E-state index is 13.4. The SMILES string of the molecule is COC(=O)NC(=N)c1cccc(CN(CC2CCCCC2)C(=O)Oc2ccc(-c3ccccc3S(N)(=O)=O)cc2)c1. The Labute approximate surface area is 240 Å². The van der Waals surface area contributed by atoms with Gasteiger partial charge >= 0.3 is 12.2 Å². The van der Waals surface area contributed by atoms with Crippen molar-refractivity contribution in [2.45, 2.75) is 43.5 Å². The van der Waals surface area contributed by atoms with Crippen molar-refractivity contribution >= 4 is 28.0 Å². The number of rotatable bonds is 8. The molecule has 2 amide bonds. The number of sulfonamides is 1. The molecule has 0 radical (unpaired) electrons. The molecule has 3 aromatic rings. The summed E-state index contributed by atoms with van der Waals surface area (Å²) in [5.74, 6) is 0.568. The molecular formula is C30H34N4O6S. The summed E-state index contributed by atoms with van der Waals surface area (Å²) < 4.78 is 34.4. The zero-order valence-corrected chi connectivity index (χ0v) is 23.7. The Morgan fingerprint density at radius 1 is 1.00 bits per heavy atom. The van der Waals surface area contributed by atoms with E-state index in [9.17, 15) is 18.0 Å². The van der Waals surface area contributed by atoms with Crippen LogP contribution in [0.1, 0.15) is 43.2 Å². The maximum Gasteiger partial charge on any atom is 0.415 e. The number of benzene rings is 3. The molecule has 11 heteroatoms. The number of amides is 2. The monoisotopic (exact) mass is 578 g/mol. The first-order chi connectivity index (χ1) is 19.6. The number of amidine groups is 1. The second-order valence-electron chi connectivity index (χ2n) is 10.0. The van der Waals surface area contributed by atoms with Crippen molar-refractivity contribution in [1.82, 2.24) is 10.2 Å². The van der Waals surface area contributed by atoms with E-state index in [1.165, 1.54) is 19.6 Å². The van der Waals surface area contributed by atoms with E-state index in [0.29, 0.717) is 34.9 Å². The summed E-state index contributed by atoms with van der Waals surface area (Å²) in [4.78, 5) is 26.6. The van der Waals surface area contributed by atoms with E-state index in [4.69, 9.17) is 15.3 Å². The van der Waals surface area contributed by atoms with Crippen LogP contribution in [-0.2, 0) is 21.3 Å². The molecule has 216 valence electrons. The van der Waals surface area contributed by atoms with Crippen LogP contribution in [0.25, 0.3) is 11.1 Å². The number of hydrogen-bond donors (Lipinski definition) is 3. The van der Waals surface area contributed by atoms with Crippen molar-refractivity contribution in [2.75, 3.05) is 13.7 Å². The van der Waals surface area contributed by atoms with Crippen molar-refractivity contribution in [1.29, 1.82) is 5.41 Å². The third-order valence-corrected chi connectivity index (χ3v) is 8.00. The third kappa shape index (κ3) is 8.15. The van der Waals surface area contributed by atoms with Gasteiger partial charge in [-0.2, -0.15) is 0 Å². The highest BCUT2D eigenvalue weighted by Crippen LogP contribution is 2.29. The summed E-state index contributed by atoms with van der Waals surface area (Å²) in [6, 6.07) is 20.1. The molecule has 1 fully saturated rings. The van der Waals surface area contributed by atoms with Gasteiger partial charge in [-0.1, -0.05) is 67.8 Å². The Kier molecular flexibility index (Phi) is 9.74. The number of alkyl carbamates (subject to hydrolysis) is 1. The van der Waals surface area contributed by atoms with Crippen molar-refractivity contribution in [3.8, 4) is 16.9 Å². The highest BCUT2D eigenvalue weighted by atomic mass is 32.2. The molecule has 0 aromatic heterocycles. The first-order valence-electron chi connectivity index (χ1n) is 13.4. The van der Waals surface area contributed by atoms with Crippen LogP contribution in [0.3, 0.4) is 0 Å². The van der Waals surface area contributed by atoms with Crippen LogP contribution in [0, 0.1) is 11.3 Å². The number of hydrogen-bond acceptors (Lipinski definition) is 7. The van der Waals surface area contributed by atoms with Crippen LogP contribution in [0.4, 0.5) is 9.59 Å². The maximum absolute atomic E-state index is 13.4. The van der Waals surface area contributed by atoms with E-state index in [1.807, 2.05) is 6.07 Å². The molecule has 0 spiro atoms. The summed E-state index contributed by atoms with van der Waals surface area (Å²) >= 11 is 0. The predicted molar refractivity (Wildman–Crippen MR) is 155 cm³/mol. The van der Waals surface area contributed by atoms with Gasteiger partial charge in [0.25, 0.3) is 0 Å². The first kappa shape index (κ1) is 29.8. The molecule has 41 heavy (non-hydrogen) atoms. The predicted octanol–water partition coefficient (Wildman–Crippen LogP) is 5.26. The lowest BCUT2D eigenvalue weighted by atomic mass is 9.89. The lowest BCUT2D eigenvalue weighted by Gasteiger charge is -2.29. The summed E-state index contributed by atoms with van der Waals surface area (Å²) in [5.41, 5.74) is 2.34. The number of nitrogens with zero attached hydrogens (tertiary/aromatic N) is 1. The van der Waals surface area contributed by atoms with Crippen molar-refractivity contribution < 1.29 is 27.5 Å². The highest BCUT2D eigenvalue weighted by molar-refractivity contribution is 7.89. The number of primary sulfonamides is 1. The molecular weight excluding hydrogens is 544 g/mol. The Balaban J connectivity index is 1.52. The molecule has 10 nitrogen and oxygen atoms in total. The van der Waals surface area contributed by atoms with Crippen LogP contribution in [0.2, 0.25) is 0 Å². The summed E-state index contributed by atoms with van der Waals surface area (Å²) in [5, 5.41) is 15.9. The Morgan fingerprint density at radius 3 is 2.39 bits per heavy atom. The third-order valence-electron chi connectivity index (χ3n) is 7.03. The molecule has 1 aliphatic carbocycles. The Morgan fingerprint density at radius 2 is 1.71 bits per heavy atom.